The number of carbonyl (C=O) groups excluding carboxylic acids is 2. The minimum Gasteiger partial charge on any atom is -0.452 e. The maximum atomic E-state index is 11.7. The van der Waals surface area contributed by atoms with Crippen molar-refractivity contribution in [2.75, 3.05) is 6.61 Å². The first kappa shape index (κ1) is 15.7. The van der Waals surface area contributed by atoms with Gasteiger partial charge in [0.1, 0.15) is 0 Å². The van der Waals surface area contributed by atoms with Crippen LogP contribution in [-0.2, 0) is 16.1 Å². The van der Waals surface area contributed by atoms with E-state index in [-0.39, 0.29) is 12.5 Å². The molecule has 0 aliphatic rings. The molecule has 0 saturated carbocycles. The lowest BCUT2D eigenvalue weighted by atomic mass is 10.1. The fourth-order valence-electron chi connectivity index (χ4n) is 1.86. The molecule has 2 aromatic rings. The van der Waals surface area contributed by atoms with Gasteiger partial charge >= 0.3 is 5.97 Å². The zero-order valence-electron chi connectivity index (χ0n) is 12.6. The highest BCUT2D eigenvalue weighted by molar-refractivity contribution is 5.90. The van der Waals surface area contributed by atoms with Crippen molar-refractivity contribution in [3.63, 3.8) is 0 Å². The molecule has 1 N–H and O–H groups in total. The van der Waals surface area contributed by atoms with Crippen molar-refractivity contribution in [2.24, 2.45) is 0 Å². The SMILES string of the molecule is Cc1ccc(C(=O)OCC(=O)NCc2ccccc2C)cn1. The molecular weight excluding hydrogens is 280 g/mol. The van der Waals surface area contributed by atoms with Crippen molar-refractivity contribution in [3.05, 3.63) is 65.0 Å². The molecule has 1 aromatic carbocycles. The highest BCUT2D eigenvalue weighted by atomic mass is 16.5. The minimum atomic E-state index is -0.557. The summed E-state index contributed by atoms with van der Waals surface area (Å²) in [5, 5.41) is 2.72. The smallest absolute Gasteiger partial charge is 0.340 e. The van der Waals surface area contributed by atoms with Gasteiger partial charge in [-0.1, -0.05) is 24.3 Å². The van der Waals surface area contributed by atoms with Gasteiger partial charge in [-0.2, -0.15) is 0 Å². The first-order chi connectivity index (χ1) is 10.6. The average molecular weight is 298 g/mol. The third-order valence-corrected chi connectivity index (χ3v) is 3.22. The van der Waals surface area contributed by atoms with Gasteiger partial charge < -0.3 is 10.1 Å². The maximum absolute atomic E-state index is 11.7. The second-order valence-electron chi connectivity index (χ2n) is 4.97. The van der Waals surface area contributed by atoms with Gasteiger partial charge in [-0.25, -0.2) is 4.79 Å². The molecule has 0 atom stereocenters. The molecule has 0 aliphatic carbocycles. The van der Waals surface area contributed by atoms with Crippen LogP contribution < -0.4 is 5.32 Å². The predicted octanol–water partition coefficient (Wildman–Crippen LogP) is 2.17. The van der Waals surface area contributed by atoms with Crippen molar-refractivity contribution in [2.45, 2.75) is 20.4 Å². The number of ether oxygens (including phenoxy) is 1. The molecule has 1 amide bonds. The number of nitrogens with one attached hydrogen (secondary N) is 1. The van der Waals surface area contributed by atoms with Crippen LogP contribution in [0.2, 0.25) is 0 Å². The van der Waals surface area contributed by atoms with Gasteiger partial charge in [0, 0.05) is 18.4 Å². The Balaban J connectivity index is 1.79. The van der Waals surface area contributed by atoms with Crippen LogP contribution in [0.3, 0.4) is 0 Å². The van der Waals surface area contributed by atoms with E-state index in [0.717, 1.165) is 16.8 Å². The van der Waals surface area contributed by atoms with Crippen LogP contribution in [0.5, 0.6) is 0 Å². The summed E-state index contributed by atoms with van der Waals surface area (Å²) in [5.41, 5.74) is 3.28. The molecule has 0 radical (unpaired) electrons. The summed E-state index contributed by atoms with van der Waals surface area (Å²) >= 11 is 0. The Kier molecular flexibility index (Phi) is 5.25. The largest absolute Gasteiger partial charge is 0.452 e. The number of carbonyl (C=O) groups is 2. The van der Waals surface area contributed by atoms with E-state index >= 15 is 0 Å². The van der Waals surface area contributed by atoms with Crippen molar-refractivity contribution in [1.29, 1.82) is 0 Å². The van der Waals surface area contributed by atoms with Crippen LogP contribution in [0.1, 0.15) is 27.2 Å². The molecule has 0 fully saturated rings. The first-order valence-electron chi connectivity index (χ1n) is 6.97. The minimum absolute atomic E-state index is 0.307. The molecular formula is C17H18N2O3. The summed E-state index contributed by atoms with van der Waals surface area (Å²) in [6.07, 6.45) is 1.43. The lowest BCUT2D eigenvalue weighted by molar-refractivity contribution is -0.124. The van der Waals surface area contributed by atoms with Crippen LogP contribution in [0.4, 0.5) is 0 Å². The van der Waals surface area contributed by atoms with Crippen LogP contribution in [0.15, 0.2) is 42.6 Å². The molecule has 1 aromatic heterocycles. The summed E-state index contributed by atoms with van der Waals surface area (Å²) in [5.74, 6) is -0.893. The molecule has 0 saturated heterocycles. The number of aryl methyl sites for hydroxylation is 2. The zero-order chi connectivity index (χ0) is 15.9. The number of amides is 1. The molecule has 5 nitrogen and oxygen atoms in total. The molecule has 0 unspecified atom stereocenters. The van der Waals surface area contributed by atoms with Crippen LogP contribution in [0.25, 0.3) is 0 Å². The van der Waals surface area contributed by atoms with E-state index in [1.807, 2.05) is 38.1 Å². The topological polar surface area (TPSA) is 68.3 Å². The van der Waals surface area contributed by atoms with Crippen molar-refractivity contribution >= 4 is 11.9 Å². The number of benzene rings is 1. The van der Waals surface area contributed by atoms with E-state index in [1.165, 1.54) is 6.20 Å². The Morgan fingerprint density at radius 1 is 1.14 bits per heavy atom. The lowest BCUT2D eigenvalue weighted by Crippen LogP contribution is -2.28. The summed E-state index contributed by atoms with van der Waals surface area (Å²) in [4.78, 5) is 27.5. The Morgan fingerprint density at radius 3 is 2.59 bits per heavy atom. The third kappa shape index (κ3) is 4.41. The molecule has 22 heavy (non-hydrogen) atoms. The summed E-state index contributed by atoms with van der Waals surface area (Å²) < 4.78 is 4.96. The van der Waals surface area contributed by atoms with Crippen LogP contribution in [0, 0.1) is 13.8 Å². The van der Waals surface area contributed by atoms with E-state index in [1.54, 1.807) is 12.1 Å². The first-order valence-corrected chi connectivity index (χ1v) is 6.97. The van der Waals surface area contributed by atoms with Crippen LogP contribution in [-0.4, -0.2) is 23.5 Å². The van der Waals surface area contributed by atoms with E-state index < -0.39 is 5.97 Å². The Hall–Kier alpha value is -2.69. The van der Waals surface area contributed by atoms with E-state index in [4.69, 9.17) is 4.74 Å². The van der Waals surface area contributed by atoms with Crippen LogP contribution >= 0.6 is 0 Å². The number of hydrogen-bond acceptors (Lipinski definition) is 4. The quantitative estimate of drug-likeness (QED) is 0.859. The number of nitrogens with zero attached hydrogens (tertiary/aromatic N) is 1. The second-order valence-corrected chi connectivity index (χ2v) is 4.97. The number of rotatable bonds is 5. The Morgan fingerprint density at radius 2 is 1.91 bits per heavy atom. The second kappa shape index (κ2) is 7.36. The van der Waals surface area contributed by atoms with Gasteiger partial charge in [0.15, 0.2) is 6.61 Å². The summed E-state index contributed by atoms with van der Waals surface area (Å²) in [6.45, 7) is 3.91. The average Bonchev–Trinajstić information content (AvgIpc) is 2.52. The summed E-state index contributed by atoms with van der Waals surface area (Å²) in [7, 11) is 0. The van der Waals surface area contributed by atoms with E-state index in [9.17, 15) is 9.59 Å². The number of esters is 1. The van der Waals surface area contributed by atoms with Gasteiger partial charge in [-0.15, -0.1) is 0 Å². The normalized spacial score (nSPS) is 10.1. The van der Waals surface area contributed by atoms with Crippen molar-refractivity contribution in [1.82, 2.24) is 10.3 Å². The van der Waals surface area contributed by atoms with Gasteiger partial charge in [-0.3, -0.25) is 9.78 Å². The number of aromatic nitrogens is 1. The highest BCUT2D eigenvalue weighted by Crippen LogP contribution is 2.06. The van der Waals surface area contributed by atoms with Gasteiger partial charge in [0.2, 0.25) is 0 Å². The monoisotopic (exact) mass is 298 g/mol. The number of hydrogen-bond donors (Lipinski definition) is 1. The van der Waals surface area contributed by atoms with Gasteiger partial charge in [0.05, 0.1) is 5.56 Å². The molecule has 5 heteroatoms. The molecule has 0 bridgehead atoms. The fraction of sp³-hybridized carbons (Fsp3) is 0.235. The van der Waals surface area contributed by atoms with Gasteiger partial charge in [0.25, 0.3) is 5.91 Å². The lowest BCUT2D eigenvalue weighted by Gasteiger charge is -2.08. The van der Waals surface area contributed by atoms with E-state index in [2.05, 4.69) is 10.3 Å². The van der Waals surface area contributed by atoms with Crippen molar-refractivity contribution < 1.29 is 14.3 Å². The molecule has 0 spiro atoms. The fourth-order valence-corrected chi connectivity index (χ4v) is 1.86. The Bertz CT molecular complexity index is 666. The molecule has 0 aliphatic heterocycles. The maximum Gasteiger partial charge on any atom is 0.340 e. The number of pyridine rings is 1. The highest BCUT2D eigenvalue weighted by Gasteiger charge is 2.10. The van der Waals surface area contributed by atoms with Crippen molar-refractivity contribution in [3.8, 4) is 0 Å². The summed E-state index contributed by atoms with van der Waals surface area (Å²) in [6, 6.07) is 11.1. The molecule has 114 valence electrons. The zero-order valence-corrected chi connectivity index (χ0v) is 12.6. The molecule has 1 heterocycles. The standard InChI is InChI=1S/C17H18N2O3/c1-12-5-3-4-6-14(12)9-19-16(20)11-22-17(21)15-8-7-13(2)18-10-15/h3-8,10H,9,11H2,1-2H3,(H,19,20). The predicted molar refractivity (Wildman–Crippen MR) is 82.3 cm³/mol. The third-order valence-electron chi connectivity index (χ3n) is 3.22. The van der Waals surface area contributed by atoms with Gasteiger partial charge in [-0.05, 0) is 37.1 Å². The molecule has 2 rings (SSSR count). The van der Waals surface area contributed by atoms with E-state index in [0.29, 0.717) is 12.1 Å². The Labute approximate surface area is 129 Å².